The van der Waals surface area contributed by atoms with Crippen LogP contribution in [0, 0.1) is 5.92 Å². The average Bonchev–Trinajstić information content (AvgIpc) is 2.89. The van der Waals surface area contributed by atoms with Crippen LogP contribution < -0.4 is 15.2 Å². The number of nitrogens with zero attached hydrogens (tertiary/aromatic N) is 3. The molecule has 0 radical (unpaired) electrons. The number of fused-ring (bicyclic) bond motifs is 1. The fraction of sp³-hybridized carbons (Fsp3) is 0.448. The second kappa shape index (κ2) is 12.4. The molecule has 1 aliphatic carbocycles. The molecule has 0 spiro atoms. The van der Waals surface area contributed by atoms with Gasteiger partial charge in [-0.1, -0.05) is 35.7 Å². The molecule has 2 aromatic carbocycles. The summed E-state index contributed by atoms with van der Waals surface area (Å²) in [6, 6.07) is 14.8. The Bertz CT molecular complexity index is 1330. The van der Waals surface area contributed by atoms with E-state index in [2.05, 4.69) is 9.80 Å². The average molecular weight is 559 g/mol. The van der Waals surface area contributed by atoms with Gasteiger partial charge in [0.1, 0.15) is 5.75 Å². The van der Waals surface area contributed by atoms with Crippen molar-refractivity contribution >= 4 is 45.8 Å². The zero-order chi connectivity index (χ0) is 26.5. The zero-order valence-corrected chi connectivity index (χ0v) is 22.9. The Hall–Kier alpha value is -2.74. The smallest absolute Gasteiger partial charge is 0.310 e. The molecule has 2 aliphatic rings. The molecular formula is C29H33Cl2N3O4. The molecule has 9 heteroatoms. The van der Waals surface area contributed by atoms with E-state index in [0.717, 1.165) is 75.9 Å². The highest BCUT2D eigenvalue weighted by Crippen LogP contribution is 2.33. The van der Waals surface area contributed by atoms with E-state index in [-0.39, 0.29) is 24.2 Å². The lowest BCUT2D eigenvalue weighted by Gasteiger charge is -2.36. The molecular weight excluding hydrogens is 525 g/mol. The maximum atomic E-state index is 12.5. The monoisotopic (exact) mass is 557 g/mol. The number of rotatable bonds is 10. The van der Waals surface area contributed by atoms with Gasteiger partial charge < -0.3 is 14.4 Å². The van der Waals surface area contributed by atoms with Crippen LogP contribution >= 0.6 is 23.2 Å². The van der Waals surface area contributed by atoms with Gasteiger partial charge >= 0.3 is 5.97 Å². The van der Waals surface area contributed by atoms with Gasteiger partial charge in [-0.2, -0.15) is 0 Å². The maximum Gasteiger partial charge on any atom is 0.310 e. The molecule has 1 aliphatic heterocycles. The summed E-state index contributed by atoms with van der Waals surface area (Å²) in [6.45, 7) is 5.35. The van der Waals surface area contributed by atoms with E-state index < -0.39 is 0 Å². The predicted octanol–water partition coefficient (Wildman–Crippen LogP) is 5.59. The van der Waals surface area contributed by atoms with Crippen molar-refractivity contribution in [1.29, 1.82) is 0 Å². The maximum absolute atomic E-state index is 12.5. The van der Waals surface area contributed by atoms with Gasteiger partial charge in [0.2, 0.25) is 0 Å². The van der Waals surface area contributed by atoms with Crippen LogP contribution in [0.2, 0.25) is 10.0 Å². The molecule has 7 nitrogen and oxygen atoms in total. The third kappa shape index (κ3) is 6.28. The molecule has 5 rings (SSSR count). The van der Waals surface area contributed by atoms with E-state index in [1.165, 1.54) is 10.6 Å². The van der Waals surface area contributed by atoms with Crippen molar-refractivity contribution in [3.05, 3.63) is 68.9 Å². The Kier molecular flexibility index (Phi) is 8.77. The van der Waals surface area contributed by atoms with E-state index in [0.29, 0.717) is 27.9 Å². The summed E-state index contributed by atoms with van der Waals surface area (Å²) in [6.07, 6.45) is 4.77. The van der Waals surface area contributed by atoms with Gasteiger partial charge in [0.25, 0.3) is 5.56 Å². The zero-order valence-electron chi connectivity index (χ0n) is 21.4. The second-order valence-corrected chi connectivity index (χ2v) is 10.8. The highest BCUT2D eigenvalue weighted by Gasteiger charge is 2.26. The summed E-state index contributed by atoms with van der Waals surface area (Å²) in [5.74, 6) is 0.460. The topological polar surface area (TPSA) is 64.0 Å². The summed E-state index contributed by atoms with van der Waals surface area (Å²) in [5, 5.41) is 2.11. The van der Waals surface area contributed by atoms with Crippen molar-refractivity contribution in [3.8, 4) is 5.75 Å². The molecule has 1 aromatic heterocycles. The number of esters is 1. The minimum absolute atomic E-state index is 0.0232. The minimum Gasteiger partial charge on any atom is -0.494 e. The molecule has 0 bridgehead atoms. The Morgan fingerprint density at radius 2 is 1.76 bits per heavy atom. The van der Waals surface area contributed by atoms with E-state index >= 15 is 0 Å². The Balaban J connectivity index is 1.08. The quantitative estimate of drug-likeness (QED) is 0.239. The first-order valence-corrected chi connectivity index (χ1v) is 14.1. The van der Waals surface area contributed by atoms with E-state index in [4.69, 9.17) is 32.7 Å². The van der Waals surface area contributed by atoms with E-state index in [9.17, 15) is 9.59 Å². The predicted molar refractivity (Wildman–Crippen MR) is 151 cm³/mol. The molecule has 1 saturated carbocycles. The van der Waals surface area contributed by atoms with Crippen molar-refractivity contribution in [3.63, 3.8) is 0 Å². The van der Waals surface area contributed by atoms with Crippen LogP contribution in [0.3, 0.4) is 0 Å². The Labute approximate surface area is 232 Å². The van der Waals surface area contributed by atoms with Crippen molar-refractivity contribution in [2.24, 2.45) is 5.92 Å². The van der Waals surface area contributed by atoms with Crippen LogP contribution in [0.5, 0.6) is 5.75 Å². The van der Waals surface area contributed by atoms with Gasteiger partial charge in [0, 0.05) is 38.3 Å². The molecule has 2 fully saturated rings. The summed E-state index contributed by atoms with van der Waals surface area (Å²) >= 11 is 12.6. The molecule has 1 saturated heterocycles. The van der Waals surface area contributed by atoms with Gasteiger partial charge in [-0.05, 0) is 67.9 Å². The highest BCUT2D eigenvalue weighted by atomic mass is 35.5. The standard InChI is InChI=1S/C29H33Cl2N3O4/c30-24-7-4-8-25(28(24)31)33-16-14-32(15-17-33)13-1-2-18-37-23-11-9-21-10-12-27(35)34(26(21)19-23)20-38-29(36)22-5-3-6-22/h4,7-12,19,22H,1-3,5-6,13-18,20H2. The number of ether oxygens (including phenoxy) is 2. The molecule has 202 valence electrons. The number of carbonyl (C=O) groups excluding carboxylic acids is 1. The molecule has 0 atom stereocenters. The van der Waals surface area contributed by atoms with Crippen LogP contribution in [-0.4, -0.2) is 54.8 Å². The summed E-state index contributed by atoms with van der Waals surface area (Å²) in [4.78, 5) is 29.4. The number of pyridine rings is 1. The third-order valence-corrected chi connectivity index (χ3v) is 8.33. The van der Waals surface area contributed by atoms with Crippen LogP contribution in [0.4, 0.5) is 5.69 Å². The number of anilines is 1. The van der Waals surface area contributed by atoms with Crippen LogP contribution in [0.1, 0.15) is 32.1 Å². The van der Waals surface area contributed by atoms with Crippen molar-refractivity contribution in [2.45, 2.75) is 38.8 Å². The lowest BCUT2D eigenvalue weighted by atomic mass is 9.86. The first-order chi connectivity index (χ1) is 18.5. The molecule has 38 heavy (non-hydrogen) atoms. The van der Waals surface area contributed by atoms with Crippen LogP contribution in [0.25, 0.3) is 10.9 Å². The molecule has 3 aromatic rings. The number of carbonyl (C=O) groups is 1. The third-order valence-electron chi connectivity index (χ3n) is 7.52. The van der Waals surface area contributed by atoms with Crippen LogP contribution in [0.15, 0.2) is 53.3 Å². The van der Waals surface area contributed by atoms with Crippen molar-refractivity contribution < 1.29 is 14.3 Å². The largest absolute Gasteiger partial charge is 0.494 e. The summed E-state index contributed by atoms with van der Waals surface area (Å²) in [7, 11) is 0. The van der Waals surface area contributed by atoms with Crippen molar-refractivity contribution in [1.82, 2.24) is 9.47 Å². The normalized spacial score (nSPS) is 16.4. The fourth-order valence-corrected chi connectivity index (χ4v) is 5.37. The number of hydrogen-bond acceptors (Lipinski definition) is 6. The first kappa shape index (κ1) is 26.9. The van der Waals surface area contributed by atoms with E-state index in [1.807, 2.05) is 36.4 Å². The lowest BCUT2D eigenvalue weighted by Crippen LogP contribution is -2.46. The number of benzene rings is 2. The van der Waals surface area contributed by atoms with E-state index in [1.54, 1.807) is 6.07 Å². The SMILES string of the molecule is O=C(OCn1c(=O)ccc2ccc(OCCCCN3CCN(c4cccc(Cl)c4Cl)CC3)cc21)C1CCC1. The highest BCUT2D eigenvalue weighted by molar-refractivity contribution is 6.43. The number of piperazine rings is 1. The first-order valence-electron chi connectivity index (χ1n) is 13.3. The molecule has 2 heterocycles. The molecule has 0 amide bonds. The van der Waals surface area contributed by atoms with Gasteiger partial charge in [-0.25, -0.2) is 0 Å². The molecule has 0 N–H and O–H groups in total. The van der Waals surface area contributed by atoms with Crippen LogP contribution in [-0.2, 0) is 16.3 Å². The fourth-order valence-electron chi connectivity index (χ4n) is 4.96. The number of hydrogen-bond donors (Lipinski definition) is 0. The second-order valence-electron chi connectivity index (χ2n) is 10.00. The van der Waals surface area contributed by atoms with Gasteiger partial charge in [-0.3, -0.25) is 19.1 Å². The minimum atomic E-state index is -0.220. The van der Waals surface area contributed by atoms with Gasteiger partial charge in [-0.15, -0.1) is 0 Å². The van der Waals surface area contributed by atoms with Crippen molar-refractivity contribution in [2.75, 3.05) is 44.2 Å². The number of aromatic nitrogens is 1. The summed E-state index contributed by atoms with van der Waals surface area (Å²) < 4.78 is 12.9. The summed E-state index contributed by atoms with van der Waals surface area (Å²) in [5.41, 5.74) is 1.51. The number of halogens is 2. The lowest BCUT2D eigenvalue weighted by molar-refractivity contribution is -0.155. The Morgan fingerprint density at radius 3 is 2.53 bits per heavy atom. The van der Waals surface area contributed by atoms with Gasteiger partial charge in [0.15, 0.2) is 6.73 Å². The molecule has 0 unspecified atom stereocenters. The number of unbranched alkanes of at least 4 members (excludes halogenated alkanes) is 1. The van der Waals surface area contributed by atoms with Gasteiger partial charge in [0.05, 0.1) is 33.8 Å². The Morgan fingerprint density at radius 1 is 0.974 bits per heavy atom.